The molecule has 11 rings (SSSR count). The molecule has 0 atom stereocenters. The predicted molar refractivity (Wildman–Crippen MR) is 199 cm³/mol. The molecule has 2 aromatic heterocycles. The third kappa shape index (κ3) is 3.09. The number of rotatable bonds is 2. The molecule has 1 nitrogen and oxygen atoms in total. The van der Waals surface area contributed by atoms with E-state index < -0.39 is 0 Å². The molecule has 0 N–H and O–H groups in total. The molecule has 212 valence electrons. The number of thiophene rings is 1. The van der Waals surface area contributed by atoms with E-state index in [1.165, 1.54) is 103 Å². The van der Waals surface area contributed by atoms with E-state index in [2.05, 4.69) is 156 Å². The van der Waals surface area contributed by atoms with Gasteiger partial charge >= 0.3 is 0 Å². The molecule has 0 fully saturated rings. The summed E-state index contributed by atoms with van der Waals surface area (Å²) in [5.74, 6) is 0. The summed E-state index contributed by atoms with van der Waals surface area (Å²) in [6.45, 7) is 0. The van der Waals surface area contributed by atoms with Gasteiger partial charge in [0.05, 0.1) is 11.0 Å². The zero-order valence-electron chi connectivity index (χ0n) is 24.8. The van der Waals surface area contributed by atoms with Crippen molar-refractivity contribution in [1.82, 2.24) is 4.57 Å². The molecular formula is C44H25NS. The van der Waals surface area contributed by atoms with Gasteiger partial charge in [-0.25, -0.2) is 0 Å². The second-order valence-corrected chi connectivity index (χ2v) is 13.5. The average Bonchev–Trinajstić information content (AvgIpc) is 3.78. The molecule has 0 amide bonds. The quantitative estimate of drug-likeness (QED) is 0.186. The fraction of sp³-hybridized carbons (Fsp3) is 0. The van der Waals surface area contributed by atoms with Crippen LogP contribution in [-0.4, -0.2) is 4.57 Å². The third-order valence-electron chi connectivity index (χ3n) is 10.1. The lowest BCUT2D eigenvalue weighted by atomic mass is 9.94. The Morgan fingerprint density at radius 1 is 0.370 bits per heavy atom. The Balaban J connectivity index is 1.18. The summed E-state index contributed by atoms with van der Waals surface area (Å²) in [5.41, 5.74) is 11.6. The van der Waals surface area contributed by atoms with Gasteiger partial charge in [0.2, 0.25) is 0 Å². The van der Waals surface area contributed by atoms with E-state index in [1.54, 1.807) is 0 Å². The van der Waals surface area contributed by atoms with E-state index in [0.29, 0.717) is 0 Å². The van der Waals surface area contributed by atoms with Crippen molar-refractivity contribution in [1.29, 1.82) is 0 Å². The van der Waals surface area contributed by atoms with Gasteiger partial charge in [0.1, 0.15) is 0 Å². The van der Waals surface area contributed by atoms with Crippen molar-refractivity contribution in [2.45, 2.75) is 0 Å². The summed E-state index contributed by atoms with van der Waals surface area (Å²) in [6, 6.07) is 56.2. The smallest absolute Gasteiger partial charge is 0.0626 e. The molecule has 46 heavy (non-hydrogen) atoms. The van der Waals surface area contributed by atoms with Crippen LogP contribution in [0.5, 0.6) is 0 Å². The van der Waals surface area contributed by atoms with E-state index in [9.17, 15) is 0 Å². The van der Waals surface area contributed by atoms with Gasteiger partial charge in [-0.1, -0.05) is 127 Å². The molecule has 1 aliphatic rings. The number of fused-ring (bicyclic) bond motifs is 13. The maximum atomic E-state index is 2.49. The number of hydrogen-bond acceptors (Lipinski definition) is 1. The molecule has 0 radical (unpaired) electrons. The molecule has 2 heteroatoms. The Morgan fingerprint density at radius 3 is 1.80 bits per heavy atom. The number of nitrogens with zero attached hydrogens (tertiary/aromatic N) is 1. The van der Waals surface area contributed by atoms with Crippen molar-refractivity contribution >= 4 is 74.9 Å². The maximum absolute atomic E-state index is 2.49. The summed E-state index contributed by atoms with van der Waals surface area (Å²) in [4.78, 5) is 0. The second-order valence-electron chi connectivity index (χ2n) is 12.4. The highest BCUT2D eigenvalue weighted by atomic mass is 32.1. The van der Waals surface area contributed by atoms with Crippen molar-refractivity contribution in [3.63, 3.8) is 0 Å². The normalized spacial score (nSPS) is 12.3. The van der Waals surface area contributed by atoms with Crippen molar-refractivity contribution in [2.24, 2.45) is 0 Å². The van der Waals surface area contributed by atoms with Gasteiger partial charge in [0.25, 0.3) is 0 Å². The summed E-state index contributed by atoms with van der Waals surface area (Å²) >= 11 is 1.91. The Hall–Kier alpha value is -5.70. The second kappa shape index (κ2) is 8.94. The monoisotopic (exact) mass is 599 g/mol. The Kier molecular flexibility index (Phi) is 4.78. The molecule has 0 saturated heterocycles. The highest BCUT2D eigenvalue weighted by molar-refractivity contribution is 7.27. The topological polar surface area (TPSA) is 4.93 Å². The first kappa shape index (κ1) is 24.6. The van der Waals surface area contributed by atoms with Crippen LogP contribution >= 0.6 is 11.3 Å². The highest BCUT2D eigenvalue weighted by Gasteiger charge is 2.23. The lowest BCUT2D eigenvalue weighted by Crippen LogP contribution is -1.95. The molecule has 8 aromatic carbocycles. The predicted octanol–water partition coefficient (Wildman–Crippen LogP) is 12.8. The standard InChI is InChI=1S/C44H25NS/c1-2-11-30-29(10-1)32-17-9-16-31-28(24-25-33(30)40(31)32)26-20-22-27(23-21-26)45-38-18-7-5-14-36(38)41-42-37-15-6-8-19-39(37)46-44(42)35-13-4-3-12-34(35)43(41)45/h1-25H. The van der Waals surface area contributed by atoms with E-state index in [0.717, 1.165) is 0 Å². The molecule has 0 aliphatic heterocycles. The Labute approximate surface area is 269 Å². The lowest BCUT2D eigenvalue weighted by Gasteiger charge is -2.13. The minimum absolute atomic E-state index is 1.18. The minimum atomic E-state index is 1.18. The van der Waals surface area contributed by atoms with Crippen LogP contribution in [0.3, 0.4) is 0 Å². The van der Waals surface area contributed by atoms with Gasteiger partial charge in [0, 0.05) is 47.4 Å². The van der Waals surface area contributed by atoms with Crippen LogP contribution in [0.4, 0.5) is 0 Å². The van der Waals surface area contributed by atoms with Gasteiger partial charge in [-0.05, 0) is 68.4 Å². The van der Waals surface area contributed by atoms with E-state index in [4.69, 9.17) is 0 Å². The first-order chi connectivity index (χ1) is 22.8. The van der Waals surface area contributed by atoms with Crippen LogP contribution in [0.15, 0.2) is 152 Å². The van der Waals surface area contributed by atoms with Crippen LogP contribution in [-0.2, 0) is 0 Å². The van der Waals surface area contributed by atoms with Gasteiger partial charge in [-0.15, -0.1) is 11.3 Å². The summed E-state index contributed by atoms with van der Waals surface area (Å²) in [6.07, 6.45) is 0. The van der Waals surface area contributed by atoms with Crippen LogP contribution in [0.1, 0.15) is 0 Å². The van der Waals surface area contributed by atoms with E-state index in [1.807, 2.05) is 11.3 Å². The molecule has 10 aromatic rings. The molecule has 0 spiro atoms. The van der Waals surface area contributed by atoms with Crippen molar-refractivity contribution in [3.05, 3.63) is 152 Å². The lowest BCUT2D eigenvalue weighted by molar-refractivity contribution is 1.19. The number of benzene rings is 8. The van der Waals surface area contributed by atoms with Crippen molar-refractivity contribution in [2.75, 3.05) is 0 Å². The number of hydrogen-bond donors (Lipinski definition) is 0. The first-order valence-corrected chi connectivity index (χ1v) is 16.7. The molecule has 1 aliphatic carbocycles. The zero-order chi connectivity index (χ0) is 29.9. The fourth-order valence-electron chi connectivity index (χ4n) is 8.24. The maximum Gasteiger partial charge on any atom is 0.0626 e. The fourth-order valence-corrected chi connectivity index (χ4v) is 9.49. The Bertz CT molecular complexity index is 2870. The minimum Gasteiger partial charge on any atom is -0.309 e. The van der Waals surface area contributed by atoms with E-state index >= 15 is 0 Å². The van der Waals surface area contributed by atoms with Gasteiger partial charge in [-0.3, -0.25) is 0 Å². The van der Waals surface area contributed by atoms with Gasteiger partial charge < -0.3 is 4.57 Å². The van der Waals surface area contributed by atoms with Crippen LogP contribution in [0.2, 0.25) is 0 Å². The number of para-hydroxylation sites is 1. The SMILES string of the molecule is c1ccc2c(c1)-c1cccc3c(-c4ccc(-n5c6ccccc6c6c7c8ccccc8sc7c7ccccc7c65)cc4)ccc-2c13. The average molecular weight is 600 g/mol. The van der Waals surface area contributed by atoms with Crippen molar-refractivity contribution < 1.29 is 0 Å². The van der Waals surface area contributed by atoms with Gasteiger partial charge in [0.15, 0.2) is 0 Å². The summed E-state index contributed by atoms with van der Waals surface area (Å²) in [5, 5.41) is 10.6. The first-order valence-electron chi connectivity index (χ1n) is 15.9. The van der Waals surface area contributed by atoms with Crippen LogP contribution < -0.4 is 0 Å². The molecule has 0 saturated carbocycles. The van der Waals surface area contributed by atoms with Crippen molar-refractivity contribution in [3.8, 4) is 39.1 Å². The summed E-state index contributed by atoms with van der Waals surface area (Å²) in [7, 11) is 0. The van der Waals surface area contributed by atoms with Crippen LogP contribution in [0.25, 0.3) is 103 Å². The molecular weight excluding hydrogens is 575 g/mol. The highest BCUT2D eigenvalue weighted by Crippen LogP contribution is 2.50. The molecule has 0 bridgehead atoms. The third-order valence-corrected chi connectivity index (χ3v) is 11.3. The zero-order valence-corrected chi connectivity index (χ0v) is 25.6. The molecule has 2 heterocycles. The molecule has 0 unspecified atom stereocenters. The number of aromatic nitrogens is 1. The van der Waals surface area contributed by atoms with Gasteiger partial charge in [-0.2, -0.15) is 0 Å². The largest absolute Gasteiger partial charge is 0.309 e. The Morgan fingerprint density at radius 2 is 0.978 bits per heavy atom. The van der Waals surface area contributed by atoms with E-state index in [-0.39, 0.29) is 0 Å². The summed E-state index contributed by atoms with van der Waals surface area (Å²) < 4.78 is 5.20. The van der Waals surface area contributed by atoms with Crippen LogP contribution in [0, 0.1) is 0 Å².